The van der Waals surface area contributed by atoms with Crippen LogP contribution in [0.25, 0.3) is 0 Å². The molecule has 0 aliphatic carbocycles. The number of hydrogen-bond donors (Lipinski definition) is 1. The maximum absolute atomic E-state index is 12.6. The Morgan fingerprint density at radius 3 is 2.40 bits per heavy atom. The van der Waals surface area contributed by atoms with Crippen molar-refractivity contribution in [3.05, 3.63) is 0 Å². The Labute approximate surface area is 59.2 Å². The standard InChI is InChI=1S/C6H12F2N2/c1-9-5-3-6(7,8)4-10(5)2/h5,9H,3-4H2,1-2H3. The summed E-state index contributed by atoms with van der Waals surface area (Å²) in [4.78, 5) is 1.62. The van der Waals surface area contributed by atoms with Crippen molar-refractivity contribution in [3.63, 3.8) is 0 Å². The lowest BCUT2D eigenvalue weighted by atomic mass is 10.3. The van der Waals surface area contributed by atoms with E-state index in [2.05, 4.69) is 5.32 Å². The molecule has 0 bridgehead atoms. The summed E-state index contributed by atoms with van der Waals surface area (Å²) < 4.78 is 25.1. The molecule has 1 N–H and O–H groups in total. The van der Waals surface area contributed by atoms with Gasteiger partial charge in [-0.05, 0) is 14.1 Å². The average Bonchev–Trinajstić information content (AvgIpc) is 2.05. The summed E-state index contributed by atoms with van der Waals surface area (Å²) in [5.74, 6) is -2.50. The van der Waals surface area contributed by atoms with Gasteiger partial charge < -0.3 is 5.32 Å². The first kappa shape index (κ1) is 7.88. The van der Waals surface area contributed by atoms with Gasteiger partial charge in [-0.1, -0.05) is 0 Å². The lowest BCUT2D eigenvalue weighted by Gasteiger charge is -2.16. The van der Waals surface area contributed by atoms with Crippen molar-refractivity contribution in [1.82, 2.24) is 10.2 Å². The van der Waals surface area contributed by atoms with Crippen LogP contribution < -0.4 is 5.32 Å². The fraction of sp³-hybridized carbons (Fsp3) is 1.00. The quantitative estimate of drug-likeness (QED) is 0.585. The third-order valence-electron chi connectivity index (χ3n) is 1.84. The molecule has 1 rings (SSSR count). The highest BCUT2D eigenvalue weighted by Crippen LogP contribution is 2.28. The monoisotopic (exact) mass is 150 g/mol. The number of hydrogen-bond acceptors (Lipinski definition) is 2. The van der Waals surface area contributed by atoms with Crippen LogP contribution in [-0.4, -0.2) is 37.6 Å². The molecular weight excluding hydrogens is 138 g/mol. The molecule has 4 heteroatoms. The van der Waals surface area contributed by atoms with Crippen molar-refractivity contribution >= 4 is 0 Å². The van der Waals surface area contributed by atoms with E-state index in [4.69, 9.17) is 0 Å². The lowest BCUT2D eigenvalue weighted by Crippen LogP contribution is -2.35. The van der Waals surface area contributed by atoms with Crippen LogP contribution in [0, 0.1) is 0 Å². The van der Waals surface area contributed by atoms with Gasteiger partial charge in [0.1, 0.15) is 0 Å². The zero-order valence-corrected chi connectivity index (χ0v) is 6.19. The minimum atomic E-state index is -2.50. The molecule has 0 aromatic carbocycles. The summed E-state index contributed by atoms with van der Waals surface area (Å²) in [6.07, 6.45) is -0.227. The molecule has 0 saturated carbocycles. The average molecular weight is 150 g/mol. The second-order valence-corrected chi connectivity index (χ2v) is 2.78. The third-order valence-corrected chi connectivity index (χ3v) is 1.84. The number of likely N-dealkylation sites (tertiary alicyclic amines) is 1. The van der Waals surface area contributed by atoms with Crippen LogP contribution in [0.1, 0.15) is 6.42 Å². The zero-order chi connectivity index (χ0) is 7.78. The Hall–Kier alpha value is -0.220. The predicted octanol–water partition coefficient (Wildman–Crippen LogP) is 0.503. The largest absolute Gasteiger partial charge is 0.305 e. The van der Waals surface area contributed by atoms with Gasteiger partial charge in [0.25, 0.3) is 5.92 Å². The smallest absolute Gasteiger partial charge is 0.263 e. The molecule has 1 aliphatic rings. The molecule has 1 atom stereocenters. The first-order chi connectivity index (χ1) is 4.55. The SMILES string of the molecule is CNC1CC(F)(F)CN1C. The van der Waals surface area contributed by atoms with Gasteiger partial charge in [-0.25, -0.2) is 8.78 Å². The number of nitrogens with one attached hydrogen (secondary N) is 1. The Morgan fingerprint density at radius 2 is 2.20 bits per heavy atom. The van der Waals surface area contributed by atoms with Crippen molar-refractivity contribution in [3.8, 4) is 0 Å². The highest BCUT2D eigenvalue weighted by molar-refractivity contribution is 4.86. The molecule has 0 spiro atoms. The molecule has 0 aromatic heterocycles. The third kappa shape index (κ3) is 1.44. The molecule has 1 fully saturated rings. The minimum absolute atomic E-state index is 0.0694. The number of alkyl halides is 2. The Kier molecular flexibility index (Phi) is 1.92. The van der Waals surface area contributed by atoms with Gasteiger partial charge in [0, 0.05) is 6.42 Å². The van der Waals surface area contributed by atoms with Crippen molar-refractivity contribution in [1.29, 1.82) is 0 Å². The molecule has 60 valence electrons. The molecule has 1 heterocycles. The van der Waals surface area contributed by atoms with Gasteiger partial charge in [0.05, 0.1) is 12.7 Å². The lowest BCUT2D eigenvalue weighted by molar-refractivity contribution is 0.0139. The maximum atomic E-state index is 12.6. The van der Waals surface area contributed by atoms with Crippen LogP contribution in [0.3, 0.4) is 0 Å². The second kappa shape index (κ2) is 2.43. The summed E-state index contributed by atoms with van der Waals surface area (Å²) in [5.41, 5.74) is 0. The Morgan fingerprint density at radius 1 is 1.60 bits per heavy atom. The molecule has 1 unspecified atom stereocenters. The fourth-order valence-corrected chi connectivity index (χ4v) is 1.30. The van der Waals surface area contributed by atoms with Crippen LogP contribution in [-0.2, 0) is 0 Å². The van der Waals surface area contributed by atoms with Crippen molar-refractivity contribution in [2.45, 2.75) is 18.5 Å². The minimum Gasteiger partial charge on any atom is -0.305 e. The first-order valence-electron chi connectivity index (χ1n) is 3.30. The van der Waals surface area contributed by atoms with E-state index < -0.39 is 5.92 Å². The van der Waals surface area contributed by atoms with Gasteiger partial charge in [0.2, 0.25) is 0 Å². The van der Waals surface area contributed by atoms with Crippen LogP contribution >= 0.6 is 0 Å². The molecule has 0 radical (unpaired) electrons. The normalized spacial score (nSPS) is 33.0. The van der Waals surface area contributed by atoms with E-state index in [1.807, 2.05) is 0 Å². The highest BCUT2D eigenvalue weighted by atomic mass is 19.3. The maximum Gasteiger partial charge on any atom is 0.263 e. The van der Waals surface area contributed by atoms with Crippen molar-refractivity contribution < 1.29 is 8.78 Å². The van der Waals surface area contributed by atoms with Crippen molar-refractivity contribution in [2.24, 2.45) is 0 Å². The predicted molar refractivity (Wildman–Crippen MR) is 35.0 cm³/mol. The Balaban J connectivity index is 2.52. The van der Waals surface area contributed by atoms with E-state index in [9.17, 15) is 8.78 Å². The molecular formula is C6H12F2N2. The van der Waals surface area contributed by atoms with E-state index in [1.54, 1.807) is 19.0 Å². The molecule has 1 aliphatic heterocycles. The summed E-state index contributed by atoms with van der Waals surface area (Å²) in [6.45, 7) is -0.126. The molecule has 0 aromatic rings. The molecule has 10 heavy (non-hydrogen) atoms. The van der Waals surface area contributed by atoms with Gasteiger partial charge in [-0.15, -0.1) is 0 Å². The van der Waals surface area contributed by atoms with E-state index in [0.717, 1.165) is 0 Å². The Bertz CT molecular complexity index is 127. The van der Waals surface area contributed by atoms with Crippen molar-refractivity contribution in [2.75, 3.05) is 20.6 Å². The fourth-order valence-electron chi connectivity index (χ4n) is 1.30. The summed E-state index contributed by atoms with van der Waals surface area (Å²) in [6, 6.07) is 0. The second-order valence-electron chi connectivity index (χ2n) is 2.78. The van der Waals surface area contributed by atoms with Gasteiger partial charge in [0.15, 0.2) is 0 Å². The summed E-state index contributed by atoms with van der Waals surface area (Å²) in [5, 5.41) is 2.82. The van der Waals surface area contributed by atoms with Crippen LogP contribution in [0.15, 0.2) is 0 Å². The van der Waals surface area contributed by atoms with Gasteiger partial charge in [-0.2, -0.15) is 0 Å². The summed E-state index contributed by atoms with van der Waals surface area (Å²) >= 11 is 0. The number of halogens is 2. The number of rotatable bonds is 1. The molecule has 2 nitrogen and oxygen atoms in total. The van der Waals surface area contributed by atoms with Crippen LogP contribution in [0.5, 0.6) is 0 Å². The highest BCUT2D eigenvalue weighted by Gasteiger charge is 2.42. The van der Waals surface area contributed by atoms with E-state index in [-0.39, 0.29) is 19.1 Å². The van der Waals surface area contributed by atoms with Crippen LogP contribution in [0.2, 0.25) is 0 Å². The van der Waals surface area contributed by atoms with Crippen LogP contribution in [0.4, 0.5) is 8.78 Å². The zero-order valence-electron chi connectivity index (χ0n) is 6.19. The van der Waals surface area contributed by atoms with E-state index in [1.165, 1.54) is 0 Å². The van der Waals surface area contributed by atoms with E-state index >= 15 is 0 Å². The molecule has 0 amide bonds. The summed E-state index contributed by atoms with van der Waals surface area (Å²) in [7, 11) is 3.39. The van der Waals surface area contributed by atoms with Gasteiger partial charge in [-0.3, -0.25) is 4.90 Å². The van der Waals surface area contributed by atoms with Gasteiger partial charge >= 0.3 is 0 Å². The first-order valence-corrected chi connectivity index (χ1v) is 3.30. The van der Waals surface area contributed by atoms with E-state index in [0.29, 0.717) is 0 Å². The topological polar surface area (TPSA) is 15.3 Å². The molecule has 1 saturated heterocycles. The number of nitrogens with zero attached hydrogens (tertiary/aromatic N) is 1.